The quantitative estimate of drug-likeness (QED) is 0.914. The fraction of sp³-hybridized carbons (Fsp3) is 0.308. The van der Waals surface area contributed by atoms with Crippen molar-refractivity contribution >= 4 is 17.5 Å². The van der Waals surface area contributed by atoms with E-state index in [0.29, 0.717) is 24.7 Å². The van der Waals surface area contributed by atoms with Gasteiger partial charge in [-0.3, -0.25) is 9.89 Å². The highest BCUT2D eigenvalue weighted by Gasteiger charge is 2.27. The van der Waals surface area contributed by atoms with Gasteiger partial charge in [0.05, 0.1) is 13.2 Å². The van der Waals surface area contributed by atoms with Crippen LogP contribution >= 0.6 is 11.6 Å². The number of amides is 1. The van der Waals surface area contributed by atoms with Crippen molar-refractivity contribution in [2.24, 2.45) is 0 Å². The number of hydrogen-bond acceptors (Lipinski definition) is 4. The van der Waals surface area contributed by atoms with Crippen molar-refractivity contribution in [2.75, 3.05) is 19.7 Å². The molecule has 7 heteroatoms. The van der Waals surface area contributed by atoms with Gasteiger partial charge in [0.2, 0.25) is 5.82 Å². The van der Waals surface area contributed by atoms with Gasteiger partial charge in [0, 0.05) is 11.6 Å². The summed E-state index contributed by atoms with van der Waals surface area (Å²) in [6.45, 7) is 1.53. The van der Waals surface area contributed by atoms with Gasteiger partial charge >= 0.3 is 0 Å². The van der Waals surface area contributed by atoms with Gasteiger partial charge in [-0.15, -0.1) is 0 Å². The Morgan fingerprint density at radius 2 is 2.20 bits per heavy atom. The van der Waals surface area contributed by atoms with E-state index in [1.807, 2.05) is 24.3 Å². The van der Waals surface area contributed by atoms with E-state index in [9.17, 15) is 4.79 Å². The molecule has 1 atom stereocenters. The summed E-state index contributed by atoms with van der Waals surface area (Å²) in [5.74, 6) is 0.0894. The summed E-state index contributed by atoms with van der Waals surface area (Å²) >= 11 is 5.87. The minimum absolute atomic E-state index is 0.145. The Morgan fingerprint density at radius 1 is 1.40 bits per heavy atom. The summed E-state index contributed by atoms with van der Waals surface area (Å²) in [5, 5.41) is 6.96. The molecule has 0 saturated carbocycles. The second kappa shape index (κ2) is 5.60. The summed E-state index contributed by atoms with van der Waals surface area (Å²) in [7, 11) is 0. The first-order valence-electron chi connectivity index (χ1n) is 6.26. The molecular formula is C13H13ClN4O2. The first-order valence-corrected chi connectivity index (χ1v) is 6.63. The minimum Gasteiger partial charge on any atom is -0.370 e. The molecule has 1 aromatic heterocycles. The molecule has 6 nitrogen and oxygen atoms in total. The van der Waals surface area contributed by atoms with E-state index in [1.165, 1.54) is 6.33 Å². The molecule has 1 aliphatic heterocycles. The van der Waals surface area contributed by atoms with Crippen molar-refractivity contribution < 1.29 is 9.53 Å². The van der Waals surface area contributed by atoms with E-state index in [4.69, 9.17) is 16.3 Å². The number of carbonyl (C=O) groups excluding carboxylic acids is 1. The van der Waals surface area contributed by atoms with Crippen LogP contribution in [0.4, 0.5) is 0 Å². The van der Waals surface area contributed by atoms with Crippen LogP contribution in [0.1, 0.15) is 22.3 Å². The van der Waals surface area contributed by atoms with E-state index >= 15 is 0 Å². The lowest BCUT2D eigenvalue weighted by atomic mass is 10.1. The molecule has 1 saturated heterocycles. The Balaban J connectivity index is 1.73. The number of halogens is 1. The molecular weight excluding hydrogens is 280 g/mol. The molecule has 3 rings (SSSR count). The molecule has 104 valence electrons. The Bertz CT molecular complexity index is 585. The summed E-state index contributed by atoms with van der Waals surface area (Å²) in [6, 6.07) is 7.46. The Labute approximate surface area is 120 Å². The average molecular weight is 293 g/mol. The van der Waals surface area contributed by atoms with E-state index in [1.54, 1.807) is 4.90 Å². The van der Waals surface area contributed by atoms with Crippen LogP contribution in [0.5, 0.6) is 0 Å². The highest BCUT2D eigenvalue weighted by Crippen LogP contribution is 2.24. The number of ether oxygens (including phenoxy) is 1. The number of hydrogen-bond donors (Lipinski definition) is 1. The molecule has 1 aliphatic rings. The Kier molecular flexibility index (Phi) is 3.66. The topological polar surface area (TPSA) is 71.1 Å². The maximum absolute atomic E-state index is 12.2. The fourth-order valence-electron chi connectivity index (χ4n) is 2.17. The van der Waals surface area contributed by atoms with Crippen LogP contribution in [0.25, 0.3) is 0 Å². The standard InChI is InChI=1S/C13H13ClN4O2/c14-10-3-1-9(2-4-10)11-7-18(5-6-20-11)13(19)12-15-8-16-17-12/h1-4,8,11H,5-7H2,(H,15,16,17). The second-order valence-electron chi connectivity index (χ2n) is 4.50. The maximum Gasteiger partial charge on any atom is 0.291 e. The highest BCUT2D eigenvalue weighted by molar-refractivity contribution is 6.30. The lowest BCUT2D eigenvalue weighted by Gasteiger charge is -2.32. The molecule has 0 aliphatic carbocycles. The van der Waals surface area contributed by atoms with Crippen molar-refractivity contribution in [3.63, 3.8) is 0 Å². The maximum atomic E-state index is 12.2. The van der Waals surface area contributed by atoms with Gasteiger partial charge in [0.1, 0.15) is 12.4 Å². The van der Waals surface area contributed by atoms with Gasteiger partial charge in [0.15, 0.2) is 0 Å². The first kappa shape index (κ1) is 13.1. The third-order valence-corrected chi connectivity index (χ3v) is 3.47. The van der Waals surface area contributed by atoms with E-state index in [-0.39, 0.29) is 17.8 Å². The minimum atomic E-state index is -0.162. The average Bonchev–Trinajstić information content (AvgIpc) is 3.01. The third-order valence-electron chi connectivity index (χ3n) is 3.21. The van der Waals surface area contributed by atoms with Gasteiger partial charge in [-0.2, -0.15) is 5.10 Å². The highest BCUT2D eigenvalue weighted by atomic mass is 35.5. The predicted molar refractivity (Wildman–Crippen MR) is 72.4 cm³/mol. The number of aromatic amines is 1. The molecule has 20 heavy (non-hydrogen) atoms. The smallest absolute Gasteiger partial charge is 0.291 e. The van der Waals surface area contributed by atoms with Crippen LogP contribution in [0.15, 0.2) is 30.6 Å². The van der Waals surface area contributed by atoms with Crippen molar-refractivity contribution in [1.82, 2.24) is 20.1 Å². The van der Waals surface area contributed by atoms with Gasteiger partial charge in [-0.05, 0) is 17.7 Å². The molecule has 1 aromatic carbocycles. The molecule has 1 N–H and O–H groups in total. The number of H-pyrrole nitrogens is 1. The Morgan fingerprint density at radius 3 is 2.90 bits per heavy atom. The predicted octanol–water partition coefficient (Wildman–Crippen LogP) is 1.67. The second-order valence-corrected chi connectivity index (χ2v) is 4.93. The zero-order valence-corrected chi connectivity index (χ0v) is 11.4. The number of benzene rings is 1. The fourth-order valence-corrected chi connectivity index (χ4v) is 2.30. The number of rotatable bonds is 2. The van der Waals surface area contributed by atoms with Crippen LogP contribution in [-0.2, 0) is 4.74 Å². The van der Waals surface area contributed by atoms with E-state index in [2.05, 4.69) is 15.2 Å². The molecule has 0 radical (unpaired) electrons. The van der Waals surface area contributed by atoms with Gasteiger partial charge in [-0.25, -0.2) is 4.98 Å². The van der Waals surface area contributed by atoms with Gasteiger partial charge in [-0.1, -0.05) is 23.7 Å². The number of nitrogens with one attached hydrogen (secondary N) is 1. The molecule has 1 fully saturated rings. The van der Waals surface area contributed by atoms with E-state index in [0.717, 1.165) is 5.56 Å². The number of morpholine rings is 1. The lowest BCUT2D eigenvalue weighted by molar-refractivity contribution is -0.0232. The molecule has 2 aromatic rings. The van der Waals surface area contributed by atoms with E-state index < -0.39 is 0 Å². The first-order chi connectivity index (χ1) is 9.74. The van der Waals surface area contributed by atoms with Gasteiger partial charge in [0.25, 0.3) is 5.91 Å². The zero-order chi connectivity index (χ0) is 13.9. The zero-order valence-electron chi connectivity index (χ0n) is 10.6. The largest absolute Gasteiger partial charge is 0.370 e. The van der Waals surface area contributed by atoms with Crippen LogP contribution in [0.2, 0.25) is 5.02 Å². The normalized spacial score (nSPS) is 19.1. The van der Waals surface area contributed by atoms with Crippen LogP contribution in [0.3, 0.4) is 0 Å². The van der Waals surface area contributed by atoms with Gasteiger partial charge < -0.3 is 9.64 Å². The van der Waals surface area contributed by atoms with Crippen LogP contribution in [0, 0.1) is 0 Å². The van der Waals surface area contributed by atoms with Crippen molar-refractivity contribution in [3.05, 3.63) is 47.0 Å². The van der Waals surface area contributed by atoms with Crippen LogP contribution < -0.4 is 0 Å². The van der Waals surface area contributed by atoms with Crippen molar-refractivity contribution in [1.29, 1.82) is 0 Å². The summed E-state index contributed by atoms with van der Waals surface area (Å²) < 4.78 is 5.72. The summed E-state index contributed by atoms with van der Waals surface area (Å²) in [4.78, 5) is 17.8. The number of carbonyl (C=O) groups is 1. The monoisotopic (exact) mass is 292 g/mol. The number of nitrogens with zero attached hydrogens (tertiary/aromatic N) is 3. The number of aromatic nitrogens is 3. The molecule has 1 amide bonds. The summed E-state index contributed by atoms with van der Waals surface area (Å²) in [5.41, 5.74) is 1.00. The lowest BCUT2D eigenvalue weighted by Crippen LogP contribution is -2.42. The molecule has 2 heterocycles. The van der Waals surface area contributed by atoms with Crippen LogP contribution in [-0.4, -0.2) is 45.7 Å². The molecule has 0 bridgehead atoms. The third kappa shape index (κ3) is 2.66. The summed E-state index contributed by atoms with van der Waals surface area (Å²) in [6.07, 6.45) is 1.18. The van der Waals surface area contributed by atoms with Crippen molar-refractivity contribution in [2.45, 2.75) is 6.10 Å². The SMILES string of the molecule is O=C(c1ncn[nH]1)N1CCOC(c2ccc(Cl)cc2)C1. The van der Waals surface area contributed by atoms with Crippen molar-refractivity contribution in [3.8, 4) is 0 Å². The molecule has 1 unspecified atom stereocenters. The Hall–Kier alpha value is -1.92. The molecule has 0 spiro atoms.